The van der Waals surface area contributed by atoms with Crippen LogP contribution in [0.3, 0.4) is 0 Å². The molecule has 3 aliphatic rings. The Hall–Kier alpha value is -1.66. The lowest BCUT2D eigenvalue weighted by molar-refractivity contribution is -0.142. The zero-order valence-corrected chi connectivity index (χ0v) is 20.8. The SMILES string of the molecule is CCCCCCCc1cc2c(c(N3CCOCC3)c1)C1=C(SCC1OC(C)=O)C(C)(C)O2. The molecule has 0 aromatic heterocycles. The van der Waals surface area contributed by atoms with Crippen LogP contribution >= 0.6 is 11.8 Å². The van der Waals surface area contributed by atoms with Gasteiger partial charge in [0.05, 0.1) is 13.2 Å². The van der Waals surface area contributed by atoms with Crippen molar-refractivity contribution in [3.05, 3.63) is 28.2 Å². The number of carbonyl (C=O) groups is 1. The largest absolute Gasteiger partial charge is 0.482 e. The second-order valence-electron chi connectivity index (χ2n) is 9.52. The van der Waals surface area contributed by atoms with E-state index >= 15 is 0 Å². The number of fused-ring (bicyclic) bond motifs is 2. The highest BCUT2D eigenvalue weighted by atomic mass is 32.2. The molecule has 0 saturated carbocycles. The molecule has 3 heterocycles. The van der Waals surface area contributed by atoms with Crippen molar-refractivity contribution in [2.75, 3.05) is 37.0 Å². The third-order valence-electron chi connectivity index (χ3n) is 6.50. The Morgan fingerprint density at radius 3 is 2.66 bits per heavy atom. The summed E-state index contributed by atoms with van der Waals surface area (Å²) in [6, 6.07) is 4.59. The van der Waals surface area contributed by atoms with Gasteiger partial charge in [0.2, 0.25) is 0 Å². The molecule has 32 heavy (non-hydrogen) atoms. The molecular formula is C26H37NO4S. The first-order valence-electron chi connectivity index (χ1n) is 12.1. The molecule has 3 aliphatic heterocycles. The third-order valence-corrected chi connectivity index (χ3v) is 7.97. The standard InChI is InChI=1S/C26H37NO4S/c1-5-6-7-8-9-10-19-15-20(27-11-13-29-14-12-27)23-21(16-19)31-26(3,4)25-24(23)22(17-32-25)30-18(2)28/h15-16,22H,5-14,17H2,1-4H3. The molecule has 1 fully saturated rings. The molecule has 1 aromatic rings. The van der Waals surface area contributed by atoms with E-state index < -0.39 is 5.60 Å². The van der Waals surface area contributed by atoms with Gasteiger partial charge in [0.1, 0.15) is 17.5 Å². The summed E-state index contributed by atoms with van der Waals surface area (Å²) in [5.41, 5.74) is 4.37. The van der Waals surface area contributed by atoms with E-state index in [1.165, 1.54) is 55.2 Å². The molecule has 176 valence electrons. The number of unbranched alkanes of at least 4 members (excludes halogenated alkanes) is 4. The van der Waals surface area contributed by atoms with E-state index in [0.29, 0.717) is 0 Å². The van der Waals surface area contributed by atoms with Crippen molar-refractivity contribution in [2.24, 2.45) is 0 Å². The van der Waals surface area contributed by atoms with Crippen molar-refractivity contribution < 1.29 is 19.0 Å². The fourth-order valence-corrected chi connectivity index (χ4v) is 6.32. The first-order chi connectivity index (χ1) is 15.4. The summed E-state index contributed by atoms with van der Waals surface area (Å²) >= 11 is 1.76. The number of hydrogen-bond acceptors (Lipinski definition) is 6. The molecule has 5 nitrogen and oxygen atoms in total. The van der Waals surface area contributed by atoms with Gasteiger partial charge in [0.25, 0.3) is 0 Å². The molecule has 6 heteroatoms. The highest BCUT2D eigenvalue weighted by molar-refractivity contribution is 8.03. The summed E-state index contributed by atoms with van der Waals surface area (Å²) in [4.78, 5) is 15.5. The van der Waals surface area contributed by atoms with Gasteiger partial charge >= 0.3 is 5.97 Å². The number of benzene rings is 1. The number of anilines is 1. The number of hydrogen-bond donors (Lipinski definition) is 0. The maximum absolute atomic E-state index is 11.9. The van der Waals surface area contributed by atoms with Crippen LogP contribution in [0.4, 0.5) is 5.69 Å². The Balaban J connectivity index is 1.73. The van der Waals surface area contributed by atoms with Crippen LogP contribution in [0, 0.1) is 0 Å². The molecule has 1 atom stereocenters. The Morgan fingerprint density at radius 1 is 1.19 bits per heavy atom. The number of thioether (sulfide) groups is 1. The average Bonchev–Trinajstić information content (AvgIpc) is 3.17. The van der Waals surface area contributed by atoms with Gasteiger partial charge in [-0.15, -0.1) is 11.8 Å². The quantitative estimate of drug-likeness (QED) is 0.373. The first-order valence-corrected chi connectivity index (χ1v) is 13.1. The van der Waals surface area contributed by atoms with Crippen molar-refractivity contribution in [1.29, 1.82) is 0 Å². The molecule has 0 aliphatic carbocycles. The smallest absolute Gasteiger partial charge is 0.303 e. The molecule has 0 radical (unpaired) electrons. The number of esters is 1. The lowest BCUT2D eigenvalue weighted by atomic mass is 9.88. The highest BCUT2D eigenvalue weighted by Crippen LogP contribution is 2.55. The number of nitrogens with zero attached hydrogens (tertiary/aromatic N) is 1. The molecule has 0 spiro atoms. The van der Waals surface area contributed by atoms with E-state index in [1.54, 1.807) is 11.8 Å². The van der Waals surface area contributed by atoms with Crippen LogP contribution in [0.1, 0.15) is 70.9 Å². The van der Waals surface area contributed by atoms with Gasteiger partial charge in [-0.2, -0.15) is 0 Å². The van der Waals surface area contributed by atoms with E-state index in [-0.39, 0.29) is 12.1 Å². The molecule has 1 aromatic carbocycles. The minimum absolute atomic E-state index is 0.228. The van der Waals surface area contributed by atoms with E-state index in [9.17, 15) is 4.79 Å². The summed E-state index contributed by atoms with van der Waals surface area (Å²) in [5.74, 6) is 1.45. The highest BCUT2D eigenvalue weighted by Gasteiger charge is 2.45. The van der Waals surface area contributed by atoms with Crippen LogP contribution in [0.15, 0.2) is 17.0 Å². The summed E-state index contributed by atoms with van der Waals surface area (Å²) in [5, 5.41) is 0. The second-order valence-corrected chi connectivity index (χ2v) is 10.5. The monoisotopic (exact) mass is 459 g/mol. The normalized spacial score (nSPS) is 21.8. The Labute approximate surface area is 196 Å². The maximum Gasteiger partial charge on any atom is 0.303 e. The predicted molar refractivity (Wildman–Crippen MR) is 132 cm³/mol. The van der Waals surface area contributed by atoms with Gasteiger partial charge in [-0.05, 0) is 44.4 Å². The number of aryl methyl sites for hydroxylation is 1. The Bertz CT molecular complexity index is 873. The van der Waals surface area contributed by atoms with Crippen LogP contribution in [-0.2, 0) is 20.7 Å². The van der Waals surface area contributed by atoms with Gasteiger partial charge in [-0.3, -0.25) is 4.79 Å². The van der Waals surface area contributed by atoms with Crippen molar-refractivity contribution in [1.82, 2.24) is 0 Å². The lowest BCUT2D eigenvalue weighted by Crippen LogP contribution is -2.39. The van der Waals surface area contributed by atoms with Crippen molar-refractivity contribution in [3.63, 3.8) is 0 Å². The minimum Gasteiger partial charge on any atom is -0.482 e. The topological polar surface area (TPSA) is 48.0 Å². The fraction of sp³-hybridized carbons (Fsp3) is 0.654. The van der Waals surface area contributed by atoms with Crippen molar-refractivity contribution in [3.8, 4) is 5.75 Å². The number of morpholine rings is 1. The van der Waals surface area contributed by atoms with Gasteiger partial charge in [-0.1, -0.05) is 32.6 Å². The van der Waals surface area contributed by atoms with Crippen molar-refractivity contribution in [2.45, 2.75) is 77.9 Å². The van der Waals surface area contributed by atoms with E-state index in [4.69, 9.17) is 14.2 Å². The molecule has 1 saturated heterocycles. The molecule has 0 amide bonds. The zero-order chi connectivity index (χ0) is 22.7. The lowest BCUT2D eigenvalue weighted by Gasteiger charge is -2.38. The van der Waals surface area contributed by atoms with Gasteiger partial charge in [0.15, 0.2) is 0 Å². The van der Waals surface area contributed by atoms with Crippen LogP contribution < -0.4 is 9.64 Å². The maximum atomic E-state index is 11.9. The summed E-state index contributed by atoms with van der Waals surface area (Å²) < 4.78 is 18.0. The molecular weight excluding hydrogens is 422 g/mol. The van der Waals surface area contributed by atoms with Crippen molar-refractivity contribution >= 4 is 29.0 Å². The third kappa shape index (κ3) is 4.96. The predicted octanol–water partition coefficient (Wildman–Crippen LogP) is 5.60. The van der Waals surface area contributed by atoms with E-state index in [1.807, 2.05) is 0 Å². The summed E-state index contributed by atoms with van der Waals surface area (Å²) in [6.45, 7) is 11.2. The van der Waals surface area contributed by atoms with Gasteiger partial charge < -0.3 is 19.1 Å². The molecule has 0 N–H and O–H groups in total. The molecule has 0 bridgehead atoms. The average molecular weight is 460 g/mol. The zero-order valence-electron chi connectivity index (χ0n) is 20.0. The van der Waals surface area contributed by atoms with Gasteiger partial charge in [0, 0.05) is 47.5 Å². The minimum atomic E-state index is -0.427. The Kier molecular flexibility index (Phi) is 7.40. The molecule has 4 rings (SSSR count). The second kappa shape index (κ2) is 10.1. The summed E-state index contributed by atoms with van der Waals surface area (Å²) in [7, 11) is 0. The summed E-state index contributed by atoms with van der Waals surface area (Å²) in [6.07, 6.45) is 7.18. The first kappa shape index (κ1) is 23.5. The number of carbonyl (C=O) groups excluding carboxylic acids is 1. The van der Waals surface area contributed by atoms with Gasteiger partial charge in [-0.25, -0.2) is 0 Å². The fourth-order valence-electron chi connectivity index (χ4n) is 4.99. The van der Waals surface area contributed by atoms with E-state index in [2.05, 4.69) is 37.8 Å². The number of ether oxygens (including phenoxy) is 3. The van der Waals surface area contributed by atoms with Crippen LogP contribution in [-0.4, -0.2) is 49.7 Å². The van der Waals surface area contributed by atoms with Crippen LogP contribution in [0.25, 0.3) is 5.57 Å². The number of rotatable bonds is 8. The van der Waals surface area contributed by atoms with Crippen LogP contribution in [0.5, 0.6) is 5.75 Å². The molecule has 1 unspecified atom stereocenters. The van der Waals surface area contributed by atoms with E-state index in [0.717, 1.165) is 55.4 Å². The Morgan fingerprint density at radius 2 is 1.94 bits per heavy atom. The van der Waals surface area contributed by atoms with Crippen LogP contribution in [0.2, 0.25) is 0 Å².